The average Bonchev–Trinajstić information content (AvgIpc) is 3.09. The average molecular weight is 352 g/mol. The van der Waals surface area contributed by atoms with E-state index in [1.54, 1.807) is 31.6 Å². The molecule has 0 unspecified atom stereocenters. The molecule has 0 aliphatic carbocycles. The second-order valence-corrected chi connectivity index (χ2v) is 6.63. The molecule has 0 bridgehead atoms. The first-order valence-electron chi connectivity index (χ1n) is 8.16. The lowest BCUT2D eigenvalue weighted by atomic mass is 9.92. The van der Waals surface area contributed by atoms with Gasteiger partial charge in [-0.2, -0.15) is 0 Å². The summed E-state index contributed by atoms with van der Waals surface area (Å²) in [5.74, 6) is 0.401. The van der Waals surface area contributed by atoms with Crippen molar-refractivity contribution in [3.8, 4) is 5.75 Å². The molecule has 1 aromatic carbocycles. The summed E-state index contributed by atoms with van der Waals surface area (Å²) in [6, 6.07) is 5.99. The number of allylic oxidation sites excluding steroid dienone is 1. The summed E-state index contributed by atoms with van der Waals surface area (Å²) >= 11 is 0. The van der Waals surface area contributed by atoms with Crippen molar-refractivity contribution < 1.29 is 18.7 Å². The van der Waals surface area contributed by atoms with Gasteiger partial charge in [-0.3, -0.25) is 9.78 Å². The number of hydrogen-bond acceptors (Lipinski definition) is 4. The second kappa shape index (κ2) is 5.69. The van der Waals surface area contributed by atoms with E-state index in [-0.39, 0.29) is 5.91 Å². The van der Waals surface area contributed by atoms with Crippen LogP contribution in [-0.2, 0) is 9.53 Å². The Bertz CT molecular complexity index is 992. The van der Waals surface area contributed by atoms with E-state index in [4.69, 9.17) is 9.47 Å². The highest BCUT2D eigenvalue weighted by molar-refractivity contribution is 6.32. The Morgan fingerprint density at radius 1 is 1.23 bits per heavy atom. The van der Waals surface area contributed by atoms with Gasteiger partial charge in [-0.1, -0.05) is 0 Å². The molecule has 1 N–H and O–H groups in total. The Balaban J connectivity index is 1.89. The molecule has 6 heteroatoms. The standard InChI is InChI=1S/C20H17FN2O3/c1-20(2)14(13-10-22-7-6-16(13)25-3)9-17(26-20)18-12-5-4-11(21)8-15(12)23-19(18)24/h4-10H,1-3H3,(H,23,24). The molecule has 0 atom stereocenters. The zero-order valence-corrected chi connectivity index (χ0v) is 14.6. The van der Waals surface area contributed by atoms with E-state index in [1.165, 1.54) is 12.1 Å². The highest BCUT2D eigenvalue weighted by Crippen LogP contribution is 2.45. The molecule has 1 amide bonds. The minimum atomic E-state index is -0.679. The number of rotatable bonds is 2. The van der Waals surface area contributed by atoms with Gasteiger partial charge in [-0.05, 0) is 44.2 Å². The molecule has 2 aliphatic heterocycles. The first kappa shape index (κ1) is 16.3. The van der Waals surface area contributed by atoms with Gasteiger partial charge in [0.05, 0.1) is 18.4 Å². The van der Waals surface area contributed by atoms with E-state index in [0.29, 0.717) is 28.3 Å². The molecule has 1 aromatic heterocycles. The van der Waals surface area contributed by atoms with E-state index in [9.17, 15) is 9.18 Å². The fraction of sp³-hybridized carbons (Fsp3) is 0.200. The van der Waals surface area contributed by atoms with E-state index >= 15 is 0 Å². The summed E-state index contributed by atoms with van der Waals surface area (Å²) < 4.78 is 25.0. The number of ether oxygens (including phenoxy) is 2. The number of amides is 1. The van der Waals surface area contributed by atoms with Gasteiger partial charge in [0.1, 0.15) is 22.9 Å². The van der Waals surface area contributed by atoms with E-state index in [0.717, 1.165) is 11.1 Å². The SMILES string of the molecule is COc1ccncc1C1=CC(=C2C(=O)Nc3cc(F)ccc32)OC1(C)C. The molecule has 132 valence electrons. The molecule has 2 aromatic rings. The van der Waals surface area contributed by atoms with Gasteiger partial charge < -0.3 is 14.8 Å². The van der Waals surface area contributed by atoms with Crippen molar-refractivity contribution in [1.82, 2.24) is 4.98 Å². The summed E-state index contributed by atoms with van der Waals surface area (Å²) in [5.41, 5.74) is 2.44. The molecule has 5 nitrogen and oxygen atoms in total. The molecular formula is C20H17FN2O3. The van der Waals surface area contributed by atoms with E-state index in [2.05, 4.69) is 10.3 Å². The molecule has 3 heterocycles. The van der Waals surface area contributed by atoms with Crippen LogP contribution >= 0.6 is 0 Å². The molecule has 2 aliphatic rings. The summed E-state index contributed by atoms with van der Waals surface area (Å²) in [5, 5.41) is 2.69. The monoisotopic (exact) mass is 352 g/mol. The number of halogens is 1. The van der Waals surface area contributed by atoms with Gasteiger partial charge in [0, 0.05) is 29.1 Å². The fourth-order valence-electron chi connectivity index (χ4n) is 3.34. The smallest absolute Gasteiger partial charge is 0.260 e. The van der Waals surface area contributed by atoms with Crippen LogP contribution in [0.25, 0.3) is 11.1 Å². The van der Waals surface area contributed by atoms with Crippen LogP contribution < -0.4 is 10.1 Å². The number of nitrogens with zero attached hydrogens (tertiary/aromatic N) is 1. The highest BCUT2D eigenvalue weighted by atomic mass is 19.1. The van der Waals surface area contributed by atoms with Gasteiger partial charge >= 0.3 is 0 Å². The maximum absolute atomic E-state index is 13.5. The van der Waals surface area contributed by atoms with Gasteiger partial charge in [-0.25, -0.2) is 4.39 Å². The number of carbonyl (C=O) groups excluding carboxylic acids is 1. The van der Waals surface area contributed by atoms with Crippen LogP contribution in [0, 0.1) is 5.82 Å². The van der Waals surface area contributed by atoms with Crippen molar-refractivity contribution >= 4 is 22.7 Å². The Morgan fingerprint density at radius 3 is 2.81 bits per heavy atom. The zero-order valence-electron chi connectivity index (χ0n) is 14.6. The maximum Gasteiger partial charge on any atom is 0.260 e. The summed E-state index contributed by atoms with van der Waals surface area (Å²) in [6.07, 6.45) is 5.19. The van der Waals surface area contributed by atoms with Crippen LogP contribution in [0.5, 0.6) is 5.75 Å². The molecule has 0 radical (unpaired) electrons. The number of methoxy groups -OCH3 is 1. The largest absolute Gasteiger partial charge is 0.496 e. The topological polar surface area (TPSA) is 60.5 Å². The lowest BCUT2D eigenvalue weighted by molar-refractivity contribution is -0.111. The third kappa shape index (κ3) is 2.45. The van der Waals surface area contributed by atoms with Gasteiger partial charge in [-0.15, -0.1) is 0 Å². The maximum atomic E-state index is 13.5. The van der Waals surface area contributed by atoms with Crippen LogP contribution in [0.1, 0.15) is 25.0 Å². The first-order chi connectivity index (χ1) is 12.4. The molecule has 4 rings (SSSR count). The van der Waals surface area contributed by atoms with Crippen LogP contribution in [0.2, 0.25) is 0 Å². The molecule has 0 saturated carbocycles. The molecular weight excluding hydrogens is 335 g/mol. The third-order valence-electron chi connectivity index (χ3n) is 4.55. The molecule has 0 saturated heterocycles. The number of aromatic nitrogens is 1. The second-order valence-electron chi connectivity index (χ2n) is 6.63. The predicted molar refractivity (Wildman–Crippen MR) is 95.9 cm³/mol. The van der Waals surface area contributed by atoms with Crippen molar-refractivity contribution in [1.29, 1.82) is 0 Å². The van der Waals surface area contributed by atoms with Gasteiger partial charge in [0.15, 0.2) is 0 Å². The van der Waals surface area contributed by atoms with Crippen molar-refractivity contribution in [2.75, 3.05) is 12.4 Å². The van der Waals surface area contributed by atoms with Crippen molar-refractivity contribution in [3.63, 3.8) is 0 Å². The normalized spacial score (nSPS) is 20.3. The molecule has 26 heavy (non-hydrogen) atoms. The number of pyridine rings is 1. The van der Waals surface area contributed by atoms with E-state index < -0.39 is 11.4 Å². The summed E-state index contributed by atoms with van der Waals surface area (Å²) in [7, 11) is 1.59. The number of benzene rings is 1. The third-order valence-corrected chi connectivity index (χ3v) is 4.55. The summed E-state index contributed by atoms with van der Waals surface area (Å²) in [4.78, 5) is 16.6. The number of nitrogens with one attached hydrogen (secondary N) is 1. The molecule has 0 spiro atoms. The number of hydrogen-bond donors (Lipinski definition) is 1. The Labute approximate surface area is 150 Å². The van der Waals surface area contributed by atoms with E-state index in [1.807, 2.05) is 19.9 Å². The van der Waals surface area contributed by atoms with Crippen molar-refractivity contribution in [2.24, 2.45) is 0 Å². The Hall–Kier alpha value is -3.15. The highest BCUT2D eigenvalue weighted by Gasteiger charge is 2.39. The predicted octanol–water partition coefficient (Wildman–Crippen LogP) is 3.78. The van der Waals surface area contributed by atoms with Crippen LogP contribution in [0.15, 0.2) is 48.5 Å². The van der Waals surface area contributed by atoms with Gasteiger partial charge in [0.2, 0.25) is 0 Å². The Kier molecular flexibility index (Phi) is 3.57. The Morgan fingerprint density at radius 2 is 2.04 bits per heavy atom. The quantitative estimate of drug-likeness (QED) is 0.836. The number of fused-ring (bicyclic) bond motifs is 1. The lowest BCUT2D eigenvalue weighted by Crippen LogP contribution is -2.21. The molecule has 0 fully saturated rings. The van der Waals surface area contributed by atoms with Crippen molar-refractivity contribution in [2.45, 2.75) is 19.4 Å². The minimum Gasteiger partial charge on any atom is -0.496 e. The van der Waals surface area contributed by atoms with Gasteiger partial charge in [0.25, 0.3) is 5.91 Å². The fourth-order valence-corrected chi connectivity index (χ4v) is 3.34. The minimum absolute atomic E-state index is 0.313. The zero-order chi connectivity index (χ0) is 18.5. The number of carbonyl (C=O) groups is 1. The summed E-state index contributed by atoms with van der Waals surface area (Å²) in [6.45, 7) is 3.83. The van der Waals surface area contributed by atoms with Crippen molar-refractivity contribution in [3.05, 3.63) is 65.4 Å². The number of anilines is 1. The lowest BCUT2D eigenvalue weighted by Gasteiger charge is -2.24. The van der Waals surface area contributed by atoms with Crippen LogP contribution in [-0.4, -0.2) is 23.6 Å². The van der Waals surface area contributed by atoms with Crippen LogP contribution in [0.4, 0.5) is 10.1 Å². The first-order valence-corrected chi connectivity index (χ1v) is 8.16. The van der Waals surface area contributed by atoms with Crippen LogP contribution in [0.3, 0.4) is 0 Å².